The molecule has 0 aliphatic rings. The SMILES string of the molecule is CCC(C)(O)CSCCC(C)N. The van der Waals surface area contributed by atoms with Gasteiger partial charge in [-0.25, -0.2) is 0 Å². The molecule has 0 aliphatic heterocycles. The van der Waals surface area contributed by atoms with E-state index in [-0.39, 0.29) is 6.04 Å². The summed E-state index contributed by atoms with van der Waals surface area (Å²) in [7, 11) is 0. The minimum atomic E-state index is -0.498. The highest BCUT2D eigenvalue weighted by molar-refractivity contribution is 7.99. The molecule has 0 aromatic rings. The number of aliphatic hydroxyl groups is 1. The van der Waals surface area contributed by atoms with Crippen LogP contribution in [0.25, 0.3) is 0 Å². The van der Waals surface area contributed by atoms with Gasteiger partial charge in [0.2, 0.25) is 0 Å². The van der Waals surface area contributed by atoms with Crippen molar-refractivity contribution in [1.29, 1.82) is 0 Å². The van der Waals surface area contributed by atoms with Crippen LogP contribution in [0.1, 0.15) is 33.6 Å². The van der Waals surface area contributed by atoms with Gasteiger partial charge in [0.05, 0.1) is 5.60 Å². The molecule has 0 spiro atoms. The second-order valence-electron chi connectivity index (χ2n) is 3.67. The van der Waals surface area contributed by atoms with Crippen LogP contribution in [0.2, 0.25) is 0 Å². The van der Waals surface area contributed by atoms with Gasteiger partial charge in [0, 0.05) is 11.8 Å². The van der Waals surface area contributed by atoms with Gasteiger partial charge >= 0.3 is 0 Å². The molecule has 0 heterocycles. The standard InChI is InChI=1S/C9H21NOS/c1-4-9(3,11)7-12-6-5-8(2)10/h8,11H,4-7,10H2,1-3H3. The molecule has 3 heteroatoms. The third kappa shape index (κ3) is 6.95. The first kappa shape index (κ1) is 12.3. The lowest BCUT2D eigenvalue weighted by atomic mass is 10.1. The summed E-state index contributed by atoms with van der Waals surface area (Å²) in [4.78, 5) is 0. The van der Waals surface area contributed by atoms with Crippen molar-refractivity contribution >= 4 is 11.8 Å². The zero-order chi connectivity index (χ0) is 9.61. The van der Waals surface area contributed by atoms with E-state index in [1.54, 1.807) is 11.8 Å². The van der Waals surface area contributed by atoms with Crippen molar-refractivity contribution in [1.82, 2.24) is 0 Å². The molecule has 2 atom stereocenters. The van der Waals surface area contributed by atoms with Crippen LogP contribution in [0.15, 0.2) is 0 Å². The first-order valence-corrected chi connectivity index (χ1v) is 5.69. The van der Waals surface area contributed by atoms with Crippen LogP contribution in [0, 0.1) is 0 Å². The maximum atomic E-state index is 9.64. The van der Waals surface area contributed by atoms with Gasteiger partial charge in [0.1, 0.15) is 0 Å². The highest BCUT2D eigenvalue weighted by atomic mass is 32.2. The van der Waals surface area contributed by atoms with Crippen LogP contribution in [0.4, 0.5) is 0 Å². The molecule has 0 saturated heterocycles. The minimum absolute atomic E-state index is 0.282. The van der Waals surface area contributed by atoms with Gasteiger partial charge < -0.3 is 10.8 Å². The fourth-order valence-corrected chi connectivity index (χ4v) is 1.99. The number of hydrogen-bond acceptors (Lipinski definition) is 3. The molecule has 0 aliphatic carbocycles. The van der Waals surface area contributed by atoms with Crippen molar-refractivity contribution < 1.29 is 5.11 Å². The molecule has 0 rings (SSSR count). The summed E-state index contributed by atoms with van der Waals surface area (Å²) in [5, 5.41) is 9.64. The van der Waals surface area contributed by atoms with E-state index in [9.17, 15) is 5.11 Å². The Balaban J connectivity index is 3.31. The molecule has 0 aromatic carbocycles. The van der Waals surface area contributed by atoms with Crippen LogP contribution < -0.4 is 5.73 Å². The molecule has 74 valence electrons. The maximum Gasteiger partial charge on any atom is 0.0707 e. The van der Waals surface area contributed by atoms with E-state index in [2.05, 4.69) is 0 Å². The van der Waals surface area contributed by atoms with E-state index in [0.717, 1.165) is 24.3 Å². The monoisotopic (exact) mass is 191 g/mol. The predicted octanol–water partition coefficient (Wildman–Crippen LogP) is 1.62. The Morgan fingerprint density at radius 1 is 1.58 bits per heavy atom. The molecule has 0 amide bonds. The molecule has 0 radical (unpaired) electrons. The zero-order valence-electron chi connectivity index (χ0n) is 8.34. The molecule has 3 N–H and O–H groups in total. The largest absolute Gasteiger partial charge is 0.389 e. The first-order chi connectivity index (χ1) is 5.48. The van der Waals surface area contributed by atoms with Crippen molar-refractivity contribution in [3.8, 4) is 0 Å². The third-order valence-corrected chi connectivity index (χ3v) is 3.24. The van der Waals surface area contributed by atoms with Crippen molar-refractivity contribution in [3.05, 3.63) is 0 Å². The van der Waals surface area contributed by atoms with Gasteiger partial charge in [0.25, 0.3) is 0 Å². The van der Waals surface area contributed by atoms with Crippen LogP contribution in [-0.4, -0.2) is 28.3 Å². The maximum absolute atomic E-state index is 9.64. The Kier molecular flexibility index (Phi) is 5.97. The summed E-state index contributed by atoms with van der Waals surface area (Å²) in [6.07, 6.45) is 1.85. The summed E-state index contributed by atoms with van der Waals surface area (Å²) >= 11 is 1.78. The van der Waals surface area contributed by atoms with E-state index < -0.39 is 5.60 Å². The summed E-state index contributed by atoms with van der Waals surface area (Å²) in [5.74, 6) is 1.87. The van der Waals surface area contributed by atoms with Gasteiger partial charge in [-0.3, -0.25) is 0 Å². The van der Waals surface area contributed by atoms with Crippen molar-refractivity contribution in [2.45, 2.75) is 45.3 Å². The second-order valence-corrected chi connectivity index (χ2v) is 4.77. The third-order valence-electron chi connectivity index (χ3n) is 1.89. The number of rotatable bonds is 6. The van der Waals surface area contributed by atoms with E-state index in [0.29, 0.717) is 0 Å². The summed E-state index contributed by atoms with van der Waals surface area (Å²) in [5.41, 5.74) is 5.10. The summed E-state index contributed by atoms with van der Waals surface area (Å²) < 4.78 is 0. The van der Waals surface area contributed by atoms with Gasteiger partial charge in [0.15, 0.2) is 0 Å². The zero-order valence-corrected chi connectivity index (χ0v) is 9.16. The van der Waals surface area contributed by atoms with Crippen LogP contribution >= 0.6 is 11.8 Å². The van der Waals surface area contributed by atoms with E-state index in [1.165, 1.54) is 0 Å². The lowest BCUT2D eigenvalue weighted by Crippen LogP contribution is -2.26. The highest BCUT2D eigenvalue weighted by Crippen LogP contribution is 2.16. The molecule has 0 saturated carbocycles. The number of nitrogens with two attached hydrogens (primary N) is 1. The van der Waals surface area contributed by atoms with Crippen LogP contribution in [-0.2, 0) is 0 Å². The lowest BCUT2D eigenvalue weighted by Gasteiger charge is -2.20. The average Bonchev–Trinajstić information content (AvgIpc) is 1.98. The van der Waals surface area contributed by atoms with Gasteiger partial charge in [-0.15, -0.1) is 0 Å². The molecule has 0 aromatic heterocycles. The van der Waals surface area contributed by atoms with E-state index >= 15 is 0 Å². The highest BCUT2D eigenvalue weighted by Gasteiger charge is 2.16. The van der Waals surface area contributed by atoms with Crippen molar-refractivity contribution in [2.24, 2.45) is 5.73 Å². The number of hydrogen-bond donors (Lipinski definition) is 2. The van der Waals surface area contributed by atoms with E-state index in [1.807, 2.05) is 20.8 Å². The normalized spacial score (nSPS) is 18.8. The quantitative estimate of drug-likeness (QED) is 0.627. The van der Waals surface area contributed by atoms with Gasteiger partial charge in [-0.2, -0.15) is 11.8 Å². The first-order valence-electron chi connectivity index (χ1n) is 4.53. The number of thioether (sulfide) groups is 1. The fraction of sp³-hybridized carbons (Fsp3) is 1.00. The van der Waals surface area contributed by atoms with Crippen LogP contribution in [0.5, 0.6) is 0 Å². The van der Waals surface area contributed by atoms with Crippen molar-refractivity contribution in [2.75, 3.05) is 11.5 Å². The molecular weight excluding hydrogens is 170 g/mol. The fourth-order valence-electron chi connectivity index (χ4n) is 0.663. The Morgan fingerprint density at radius 2 is 2.17 bits per heavy atom. The predicted molar refractivity (Wildman–Crippen MR) is 56.5 cm³/mol. The molecule has 2 nitrogen and oxygen atoms in total. The lowest BCUT2D eigenvalue weighted by molar-refractivity contribution is 0.0816. The van der Waals surface area contributed by atoms with Crippen molar-refractivity contribution in [3.63, 3.8) is 0 Å². The molecule has 2 unspecified atom stereocenters. The summed E-state index contributed by atoms with van der Waals surface area (Å²) in [6.45, 7) is 5.90. The molecular formula is C9H21NOS. The summed E-state index contributed by atoms with van der Waals surface area (Å²) in [6, 6.07) is 0.282. The average molecular weight is 191 g/mol. The Labute approximate surface area is 79.9 Å². The molecule has 0 fully saturated rings. The second kappa shape index (κ2) is 5.84. The smallest absolute Gasteiger partial charge is 0.0707 e. The van der Waals surface area contributed by atoms with E-state index in [4.69, 9.17) is 5.73 Å². The van der Waals surface area contributed by atoms with Gasteiger partial charge in [-0.05, 0) is 32.4 Å². The Morgan fingerprint density at radius 3 is 2.58 bits per heavy atom. The van der Waals surface area contributed by atoms with Gasteiger partial charge in [-0.1, -0.05) is 6.92 Å². The van der Waals surface area contributed by atoms with Crippen LogP contribution in [0.3, 0.4) is 0 Å². The minimum Gasteiger partial charge on any atom is -0.389 e. The Hall–Kier alpha value is 0.270. The Bertz CT molecular complexity index is 115. The molecule has 12 heavy (non-hydrogen) atoms. The molecule has 0 bridgehead atoms. The topological polar surface area (TPSA) is 46.2 Å².